The van der Waals surface area contributed by atoms with Crippen molar-refractivity contribution in [1.82, 2.24) is 0 Å². The Bertz CT molecular complexity index is 750. The van der Waals surface area contributed by atoms with Crippen LogP contribution in [0.25, 0.3) is 0 Å². The average molecular weight is 359 g/mol. The van der Waals surface area contributed by atoms with Crippen molar-refractivity contribution in [3.63, 3.8) is 0 Å². The molecule has 0 radical (unpaired) electrons. The fraction of sp³-hybridized carbons (Fsp3) is 0.400. The maximum atomic E-state index is 13.7. The molecule has 1 aliphatic rings. The minimum absolute atomic E-state index is 0.359. The molecule has 25 heavy (non-hydrogen) atoms. The first-order valence-electron chi connectivity index (χ1n) is 8.89. The summed E-state index contributed by atoms with van der Waals surface area (Å²) in [5.41, 5.74) is 4.51. The molecule has 0 aromatic heterocycles. The quantitative estimate of drug-likeness (QED) is 0.654. The van der Waals surface area contributed by atoms with E-state index >= 15 is 0 Å². The summed E-state index contributed by atoms with van der Waals surface area (Å²) in [4.78, 5) is 2.17. The van der Waals surface area contributed by atoms with Gasteiger partial charge in [-0.1, -0.05) is 42.0 Å². The van der Waals surface area contributed by atoms with Crippen LogP contribution in [0, 0.1) is 6.92 Å². The average Bonchev–Trinajstić information content (AvgIpc) is 2.62. The topological polar surface area (TPSA) is 38.8 Å². The van der Waals surface area contributed by atoms with Gasteiger partial charge in [-0.05, 0) is 50.5 Å². The van der Waals surface area contributed by atoms with Crippen molar-refractivity contribution in [2.75, 3.05) is 24.7 Å². The van der Waals surface area contributed by atoms with Gasteiger partial charge < -0.3 is 13.9 Å². The molecule has 0 aliphatic carbocycles. The van der Waals surface area contributed by atoms with Crippen molar-refractivity contribution in [2.24, 2.45) is 0 Å². The number of hydrogen-bond acceptors (Lipinski definition) is 4. The molecule has 2 aromatic carbocycles. The smallest absolute Gasteiger partial charge is 0.353 e. The van der Waals surface area contributed by atoms with Gasteiger partial charge in [0.25, 0.3) is 0 Å². The van der Waals surface area contributed by atoms with E-state index in [2.05, 4.69) is 42.2 Å². The number of anilines is 1. The van der Waals surface area contributed by atoms with Gasteiger partial charge in [0.05, 0.1) is 13.2 Å². The van der Waals surface area contributed by atoms with Crippen LogP contribution < -0.4 is 4.90 Å². The maximum absolute atomic E-state index is 13.7. The summed E-state index contributed by atoms with van der Waals surface area (Å²) in [7, 11) is -3.33. The number of rotatable bonds is 6. The monoisotopic (exact) mass is 359 g/mol. The molecule has 1 atom stereocenters. The van der Waals surface area contributed by atoms with Crippen LogP contribution in [-0.2, 0) is 20.0 Å². The molecule has 0 fully saturated rings. The fourth-order valence-corrected chi connectivity index (χ4v) is 5.69. The summed E-state index contributed by atoms with van der Waals surface area (Å²) >= 11 is 0. The zero-order valence-corrected chi connectivity index (χ0v) is 16.0. The zero-order valence-electron chi connectivity index (χ0n) is 15.1. The second kappa shape index (κ2) is 7.74. The van der Waals surface area contributed by atoms with Crippen LogP contribution in [-0.4, -0.2) is 19.8 Å². The SMILES string of the molecule is CCOP(=O)(OCC)[C@H]1c2ccccc2CCN1c1ccc(C)cc1. The largest absolute Gasteiger partial charge is 0.357 e. The molecule has 3 rings (SSSR count). The third-order valence-corrected chi connectivity index (χ3v) is 6.93. The van der Waals surface area contributed by atoms with Crippen LogP contribution in [0.2, 0.25) is 0 Å². The Morgan fingerprint density at radius 1 is 1.04 bits per heavy atom. The van der Waals surface area contributed by atoms with Gasteiger partial charge in [0, 0.05) is 12.2 Å². The normalized spacial score (nSPS) is 17.4. The first-order valence-corrected chi connectivity index (χ1v) is 10.5. The van der Waals surface area contributed by atoms with Crippen molar-refractivity contribution in [1.29, 1.82) is 0 Å². The van der Waals surface area contributed by atoms with Gasteiger partial charge in [0.1, 0.15) is 0 Å². The first kappa shape index (κ1) is 18.2. The third-order valence-electron chi connectivity index (χ3n) is 4.53. The number of nitrogens with zero attached hydrogens (tertiary/aromatic N) is 1. The van der Waals surface area contributed by atoms with E-state index in [0.717, 1.165) is 24.2 Å². The van der Waals surface area contributed by atoms with E-state index < -0.39 is 13.4 Å². The van der Waals surface area contributed by atoms with E-state index in [1.165, 1.54) is 11.1 Å². The lowest BCUT2D eigenvalue weighted by Crippen LogP contribution is -2.36. The highest BCUT2D eigenvalue weighted by Gasteiger charge is 2.44. The molecule has 134 valence electrons. The standard InChI is InChI=1S/C20H26NO3P/c1-4-23-25(22,24-5-2)20-19-9-7-6-8-17(19)14-15-21(20)18-12-10-16(3)11-13-18/h6-13,20H,4-5,14-15H2,1-3H3/t20-/m0/s1. The highest BCUT2D eigenvalue weighted by molar-refractivity contribution is 7.54. The van der Waals surface area contributed by atoms with E-state index in [1.54, 1.807) is 0 Å². The Morgan fingerprint density at radius 2 is 1.68 bits per heavy atom. The predicted molar refractivity (Wildman–Crippen MR) is 102 cm³/mol. The number of benzene rings is 2. The Kier molecular flexibility index (Phi) is 5.63. The molecule has 5 heteroatoms. The van der Waals surface area contributed by atoms with Gasteiger partial charge >= 0.3 is 7.60 Å². The van der Waals surface area contributed by atoms with Crippen molar-refractivity contribution >= 4 is 13.3 Å². The minimum Gasteiger partial charge on any atom is -0.353 e. The van der Waals surface area contributed by atoms with Gasteiger partial charge in [0.2, 0.25) is 0 Å². The van der Waals surface area contributed by atoms with Crippen LogP contribution >= 0.6 is 7.60 Å². The van der Waals surface area contributed by atoms with Crippen molar-refractivity contribution in [2.45, 2.75) is 33.0 Å². The third kappa shape index (κ3) is 3.67. The molecule has 4 nitrogen and oxygen atoms in total. The highest BCUT2D eigenvalue weighted by Crippen LogP contribution is 2.64. The zero-order chi connectivity index (χ0) is 17.9. The lowest BCUT2D eigenvalue weighted by Gasteiger charge is -2.41. The molecular formula is C20H26NO3P. The van der Waals surface area contributed by atoms with Crippen LogP contribution in [0.5, 0.6) is 0 Å². The molecule has 0 saturated carbocycles. The van der Waals surface area contributed by atoms with Gasteiger partial charge in [-0.25, -0.2) is 0 Å². The number of hydrogen-bond donors (Lipinski definition) is 0. The van der Waals surface area contributed by atoms with Gasteiger partial charge in [0.15, 0.2) is 5.78 Å². The lowest BCUT2D eigenvalue weighted by atomic mass is 9.99. The molecule has 2 aromatic rings. The van der Waals surface area contributed by atoms with Crippen LogP contribution in [0.3, 0.4) is 0 Å². The summed E-state index contributed by atoms with van der Waals surface area (Å²) in [6.07, 6.45) is 0.915. The lowest BCUT2D eigenvalue weighted by molar-refractivity contribution is 0.210. The Labute approximate surface area is 150 Å². The van der Waals surface area contributed by atoms with E-state index in [9.17, 15) is 4.57 Å². The number of aryl methyl sites for hydroxylation is 1. The molecule has 0 saturated heterocycles. The van der Waals surface area contributed by atoms with Gasteiger partial charge in [-0.3, -0.25) is 4.57 Å². The Morgan fingerprint density at radius 3 is 2.32 bits per heavy atom. The second-order valence-electron chi connectivity index (χ2n) is 6.23. The molecule has 0 bridgehead atoms. The molecular weight excluding hydrogens is 333 g/mol. The summed E-state index contributed by atoms with van der Waals surface area (Å²) < 4.78 is 25.2. The molecule has 1 heterocycles. The van der Waals surface area contributed by atoms with Gasteiger partial charge in [-0.15, -0.1) is 0 Å². The van der Waals surface area contributed by atoms with E-state index in [0.29, 0.717) is 13.2 Å². The second-order valence-corrected chi connectivity index (χ2v) is 8.31. The van der Waals surface area contributed by atoms with Crippen molar-refractivity contribution in [3.8, 4) is 0 Å². The molecule has 1 aliphatic heterocycles. The number of fused-ring (bicyclic) bond motifs is 1. The van der Waals surface area contributed by atoms with E-state index in [1.807, 2.05) is 32.0 Å². The Balaban J connectivity index is 2.11. The minimum atomic E-state index is -3.33. The first-order chi connectivity index (χ1) is 12.1. The highest BCUT2D eigenvalue weighted by atomic mass is 31.2. The summed E-state index contributed by atoms with van der Waals surface area (Å²) in [6, 6.07) is 16.5. The summed E-state index contributed by atoms with van der Waals surface area (Å²) in [5, 5.41) is 0. The maximum Gasteiger partial charge on any atom is 0.357 e. The molecule has 0 unspecified atom stereocenters. The van der Waals surface area contributed by atoms with E-state index in [4.69, 9.17) is 9.05 Å². The van der Waals surface area contributed by atoms with Crippen LogP contribution in [0.15, 0.2) is 48.5 Å². The molecule has 0 spiro atoms. The molecule has 0 N–H and O–H groups in total. The Hall–Kier alpha value is -1.61. The summed E-state index contributed by atoms with van der Waals surface area (Å²) in [6.45, 7) is 7.29. The van der Waals surface area contributed by atoms with E-state index in [-0.39, 0.29) is 0 Å². The summed E-state index contributed by atoms with van der Waals surface area (Å²) in [5.74, 6) is -0.417. The predicted octanol–water partition coefficient (Wildman–Crippen LogP) is 5.32. The van der Waals surface area contributed by atoms with Crippen molar-refractivity contribution in [3.05, 3.63) is 65.2 Å². The van der Waals surface area contributed by atoms with Gasteiger partial charge in [-0.2, -0.15) is 0 Å². The van der Waals surface area contributed by atoms with Crippen molar-refractivity contribution < 1.29 is 13.6 Å². The van der Waals surface area contributed by atoms with Crippen LogP contribution in [0.4, 0.5) is 5.69 Å². The fourth-order valence-electron chi connectivity index (χ4n) is 3.43. The molecule has 0 amide bonds. The van der Waals surface area contributed by atoms with Crippen LogP contribution in [0.1, 0.15) is 36.3 Å².